The molecule has 0 fully saturated rings. The molecule has 0 unspecified atom stereocenters. The predicted molar refractivity (Wildman–Crippen MR) is 129 cm³/mol. The first kappa shape index (κ1) is 23.4. The number of pyridine rings is 2. The van der Waals surface area contributed by atoms with E-state index < -0.39 is 27.3 Å². The van der Waals surface area contributed by atoms with Crippen molar-refractivity contribution < 1.29 is 21.9 Å². The third-order valence-corrected chi connectivity index (χ3v) is 6.58. The first-order valence-corrected chi connectivity index (χ1v) is 12.1. The second-order valence-corrected chi connectivity index (χ2v) is 9.32. The standard InChI is InChI=1S/C24H22F2N4O3S/c1-3-13-34(31,32)30-21-9-7-18(25)23(22(21)26)29-20-10-12-27-19-8-6-15(14-17(19)20)16-5-4-11-28-24(16)33-2/h4-12,14,30H,3,13H2,1-2H3,(H,27,29). The summed E-state index contributed by atoms with van der Waals surface area (Å²) in [5.41, 5.74) is 1.69. The zero-order valence-corrected chi connectivity index (χ0v) is 19.3. The maximum absolute atomic E-state index is 15.2. The molecule has 7 nitrogen and oxygen atoms in total. The summed E-state index contributed by atoms with van der Waals surface area (Å²) in [5.74, 6) is -1.66. The SMILES string of the molecule is CCCS(=O)(=O)Nc1ccc(F)c(Nc2ccnc3ccc(-c4cccnc4OC)cc23)c1F. The van der Waals surface area contributed by atoms with Gasteiger partial charge in [-0.1, -0.05) is 13.0 Å². The van der Waals surface area contributed by atoms with Crippen molar-refractivity contribution in [3.63, 3.8) is 0 Å². The monoisotopic (exact) mass is 484 g/mol. The molecule has 2 aromatic heterocycles. The first-order valence-electron chi connectivity index (χ1n) is 10.5. The Morgan fingerprint density at radius 2 is 1.82 bits per heavy atom. The predicted octanol–water partition coefficient (Wildman–Crippen LogP) is 5.48. The van der Waals surface area contributed by atoms with E-state index in [1.807, 2.05) is 18.2 Å². The van der Waals surface area contributed by atoms with Crippen molar-refractivity contribution in [2.45, 2.75) is 13.3 Å². The van der Waals surface area contributed by atoms with Crippen LogP contribution in [0.15, 0.2) is 60.9 Å². The van der Waals surface area contributed by atoms with E-state index in [2.05, 4.69) is 20.0 Å². The van der Waals surface area contributed by atoms with Crippen molar-refractivity contribution >= 4 is 38.0 Å². The smallest absolute Gasteiger partial charge is 0.232 e. The van der Waals surface area contributed by atoms with Crippen LogP contribution in [0, 0.1) is 11.6 Å². The summed E-state index contributed by atoms with van der Waals surface area (Å²) in [6.45, 7) is 1.69. The fourth-order valence-electron chi connectivity index (χ4n) is 3.56. The fraction of sp³-hybridized carbons (Fsp3) is 0.167. The molecule has 0 bridgehead atoms. The second-order valence-electron chi connectivity index (χ2n) is 7.48. The Morgan fingerprint density at radius 3 is 2.59 bits per heavy atom. The van der Waals surface area contributed by atoms with E-state index in [0.29, 0.717) is 28.9 Å². The average molecular weight is 485 g/mol. The topological polar surface area (TPSA) is 93.2 Å². The maximum Gasteiger partial charge on any atom is 0.232 e. The minimum Gasteiger partial charge on any atom is -0.481 e. The van der Waals surface area contributed by atoms with Gasteiger partial charge >= 0.3 is 0 Å². The third-order valence-electron chi connectivity index (χ3n) is 5.11. The number of aromatic nitrogens is 2. The summed E-state index contributed by atoms with van der Waals surface area (Å²) >= 11 is 0. The molecule has 2 N–H and O–H groups in total. The van der Waals surface area contributed by atoms with Gasteiger partial charge < -0.3 is 10.1 Å². The number of anilines is 3. The van der Waals surface area contributed by atoms with Gasteiger partial charge in [0.1, 0.15) is 11.5 Å². The molecule has 2 aromatic carbocycles. The molecule has 10 heteroatoms. The van der Waals surface area contributed by atoms with Crippen LogP contribution in [-0.2, 0) is 10.0 Å². The number of rotatable bonds is 8. The van der Waals surface area contributed by atoms with Crippen molar-refractivity contribution in [2.75, 3.05) is 22.9 Å². The van der Waals surface area contributed by atoms with Gasteiger partial charge in [0.2, 0.25) is 15.9 Å². The number of benzene rings is 2. The van der Waals surface area contributed by atoms with Crippen LogP contribution in [0.2, 0.25) is 0 Å². The van der Waals surface area contributed by atoms with Gasteiger partial charge in [0.15, 0.2) is 5.82 Å². The summed E-state index contributed by atoms with van der Waals surface area (Å²) < 4.78 is 61.5. The van der Waals surface area contributed by atoms with Crippen molar-refractivity contribution in [1.82, 2.24) is 9.97 Å². The molecule has 0 aliphatic carbocycles. The molecule has 0 radical (unpaired) electrons. The summed E-state index contributed by atoms with van der Waals surface area (Å²) in [5, 5.41) is 3.38. The Balaban J connectivity index is 1.77. The normalized spacial score (nSPS) is 11.4. The number of hydrogen-bond acceptors (Lipinski definition) is 6. The number of methoxy groups -OCH3 is 1. The van der Waals surface area contributed by atoms with E-state index in [1.165, 1.54) is 13.3 Å². The van der Waals surface area contributed by atoms with Gasteiger partial charge in [0.05, 0.1) is 24.1 Å². The molecule has 0 atom stereocenters. The molecule has 0 aliphatic heterocycles. The molecule has 0 saturated carbocycles. The summed E-state index contributed by atoms with van der Waals surface area (Å²) in [4.78, 5) is 8.54. The summed E-state index contributed by atoms with van der Waals surface area (Å²) in [6, 6.07) is 12.7. The summed E-state index contributed by atoms with van der Waals surface area (Å²) in [7, 11) is -2.23. The minimum atomic E-state index is -3.76. The van der Waals surface area contributed by atoms with E-state index in [4.69, 9.17) is 4.74 Å². The lowest BCUT2D eigenvalue weighted by Gasteiger charge is -2.15. The van der Waals surface area contributed by atoms with Crippen LogP contribution < -0.4 is 14.8 Å². The average Bonchev–Trinajstić information content (AvgIpc) is 2.83. The van der Waals surface area contributed by atoms with Gasteiger partial charge in [-0.05, 0) is 54.4 Å². The lowest BCUT2D eigenvalue weighted by Crippen LogP contribution is -2.17. The van der Waals surface area contributed by atoms with Crippen LogP contribution in [0.1, 0.15) is 13.3 Å². The molecule has 0 spiro atoms. The van der Waals surface area contributed by atoms with Crippen LogP contribution in [0.4, 0.5) is 25.8 Å². The maximum atomic E-state index is 15.2. The van der Waals surface area contributed by atoms with Crippen LogP contribution in [0.5, 0.6) is 5.88 Å². The zero-order chi connectivity index (χ0) is 24.3. The Morgan fingerprint density at radius 1 is 1.00 bits per heavy atom. The lowest BCUT2D eigenvalue weighted by atomic mass is 10.0. The van der Waals surface area contributed by atoms with E-state index >= 15 is 4.39 Å². The molecule has 176 valence electrons. The Labute approximate surface area is 195 Å². The molecular weight excluding hydrogens is 462 g/mol. The molecule has 4 rings (SSSR count). The molecular formula is C24H22F2N4O3S. The molecule has 4 aromatic rings. The summed E-state index contributed by atoms with van der Waals surface area (Å²) in [6.07, 6.45) is 3.49. The number of ether oxygens (including phenoxy) is 1. The zero-order valence-electron chi connectivity index (χ0n) is 18.5. The highest BCUT2D eigenvalue weighted by Crippen LogP contribution is 2.35. The third kappa shape index (κ3) is 4.76. The molecule has 0 aliphatic rings. The largest absolute Gasteiger partial charge is 0.481 e. The van der Waals surface area contributed by atoms with Crippen molar-refractivity contribution in [3.8, 4) is 17.0 Å². The van der Waals surface area contributed by atoms with E-state index in [0.717, 1.165) is 23.3 Å². The number of hydrogen-bond donors (Lipinski definition) is 2. The van der Waals surface area contributed by atoms with Crippen LogP contribution in [0.3, 0.4) is 0 Å². The Kier molecular flexibility index (Phi) is 6.60. The van der Waals surface area contributed by atoms with E-state index in [9.17, 15) is 12.8 Å². The van der Waals surface area contributed by atoms with E-state index in [1.54, 1.807) is 31.3 Å². The van der Waals surface area contributed by atoms with Crippen LogP contribution in [-0.4, -0.2) is 31.2 Å². The van der Waals surface area contributed by atoms with Gasteiger partial charge in [0.25, 0.3) is 0 Å². The highest BCUT2D eigenvalue weighted by Gasteiger charge is 2.19. The number of sulfonamides is 1. The number of fused-ring (bicyclic) bond motifs is 1. The molecule has 0 amide bonds. The molecule has 2 heterocycles. The van der Waals surface area contributed by atoms with Gasteiger partial charge in [-0.2, -0.15) is 0 Å². The highest BCUT2D eigenvalue weighted by molar-refractivity contribution is 7.92. The van der Waals surface area contributed by atoms with Crippen molar-refractivity contribution in [3.05, 3.63) is 72.6 Å². The minimum absolute atomic E-state index is 0.178. The van der Waals surface area contributed by atoms with Crippen molar-refractivity contribution in [2.24, 2.45) is 0 Å². The number of nitrogens with zero attached hydrogens (tertiary/aromatic N) is 2. The number of nitrogens with one attached hydrogen (secondary N) is 2. The number of halogens is 2. The molecule has 34 heavy (non-hydrogen) atoms. The van der Waals surface area contributed by atoms with Crippen LogP contribution >= 0.6 is 0 Å². The van der Waals surface area contributed by atoms with Gasteiger partial charge in [0, 0.05) is 29.0 Å². The van der Waals surface area contributed by atoms with Gasteiger partial charge in [-0.3, -0.25) is 9.71 Å². The Bertz CT molecular complexity index is 1460. The lowest BCUT2D eigenvalue weighted by molar-refractivity contribution is 0.399. The van der Waals surface area contributed by atoms with E-state index in [-0.39, 0.29) is 11.4 Å². The highest BCUT2D eigenvalue weighted by atomic mass is 32.2. The fourth-order valence-corrected chi connectivity index (χ4v) is 4.70. The van der Waals surface area contributed by atoms with Crippen LogP contribution in [0.25, 0.3) is 22.0 Å². The van der Waals surface area contributed by atoms with Gasteiger partial charge in [-0.25, -0.2) is 22.2 Å². The van der Waals surface area contributed by atoms with Gasteiger partial charge in [-0.15, -0.1) is 0 Å². The quantitative estimate of drug-likeness (QED) is 0.344. The Hall–Kier alpha value is -3.79. The molecule has 0 saturated heterocycles. The van der Waals surface area contributed by atoms with Crippen molar-refractivity contribution in [1.29, 1.82) is 0 Å². The second kappa shape index (κ2) is 9.60. The first-order chi connectivity index (χ1) is 16.3.